The molecular weight excluding hydrogens is 505 g/mol. The molecule has 0 radical (unpaired) electrons. The fourth-order valence-corrected chi connectivity index (χ4v) is 4.10. The zero-order chi connectivity index (χ0) is 27.5. The minimum Gasteiger partial charge on any atom is -0.479 e. The second-order valence-corrected chi connectivity index (χ2v) is 8.37. The molecule has 37 heavy (non-hydrogen) atoms. The van der Waals surface area contributed by atoms with Crippen molar-refractivity contribution < 1.29 is 48.0 Å². The van der Waals surface area contributed by atoms with E-state index >= 15 is 0 Å². The molecule has 16 heteroatoms. The topological polar surface area (TPSA) is 193 Å². The fraction of sp³-hybridized carbons (Fsp3) is 0.476. The number of alkyl halides is 3. The second-order valence-electron chi connectivity index (χ2n) is 8.37. The second kappa shape index (κ2) is 11.0. The van der Waals surface area contributed by atoms with E-state index in [0.717, 1.165) is 23.3 Å². The highest BCUT2D eigenvalue weighted by molar-refractivity contribution is 5.83. The summed E-state index contributed by atoms with van der Waals surface area (Å²) in [5, 5.41) is 34.5. The Kier molecular flexibility index (Phi) is 8.22. The third-order valence-electron chi connectivity index (χ3n) is 5.95. The Morgan fingerprint density at radius 3 is 2.35 bits per heavy atom. The van der Waals surface area contributed by atoms with Gasteiger partial charge in [-0.05, 0) is 12.0 Å². The lowest BCUT2D eigenvalue weighted by Gasteiger charge is -2.18. The molecule has 0 saturated carbocycles. The average molecular weight is 530 g/mol. The number of likely N-dealkylation sites (tertiary alicyclic amines) is 1. The molecule has 6 N–H and O–H groups in total. The molecule has 1 aliphatic rings. The number of carboxylic acids is 2. The van der Waals surface area contributed by atoms with Gasteiger partial charge in [-0.25, -0.2) is 24.4 Å². The lowest BCUT2D eigenvalue weighted by molar-refractivity contribution is -0.165. The van der Waals surface area contributed by atoms with Crippen LogP contribution in [0.4, 0.5) is 18.0 Å². The highest BCUT2D eigenvalue weighted by Gasteiger charge is 2.38. The number of carboxylic acid groups (broad SMARTS) is 2. The summed E-state index contributed by atoms with van der Waals surface area (Å²) in [6, 6.07) is 1.22. The van der Waals surface area contributed by atoms with E-state index < -0.39 is 42.9 Å². The number of imidazole rings is 1. The van der Waals surface area contributed by atoms with Crippen molar-refractivity contribution in [3.8, 4) is 0 Å². The summed E-state index contributed by atoms with van der Waals surface area (Å²) < 4.78 is 39.2. The van der Waals surface area contributed by atoms with Crippen LogP contribution in [0, 0.1) is 5.92 Å². The molecule has 0 bridgehead atoms. The molecule has 0 spiro atoms. The number of hydrogen-bond donors (Lipinski definition) is 6. The van der Waals surface area contributed by atoms with Gasteiger partial charge in [0.2, 0.25) is 0 Å². The quantitative estimate of drug-likeness (QED) is 0.267. The number of aromatic amines is 1. The monoisotopic (exact) mass is 530 g/mol. The Balaban J connectivity index is 0.000000325. The molecular formula is C21H25F3N6O7. The van der Waals surface area contributed by atoms with E-state index in [0.29, 0.717) is 18.7 Å². The van der Waals surface area contributed by atoms with Crippen LogP contribution in [0.2, 0.25) is 0 Å². The van der Waals surface area contributed by atoms with Crippen molar-refractivity contribution in [1.82, 2.24) is 29.6 Å². The van der Waals surface area contributed by atoms with E-state index in [9.17, 15) is 27.6 Å². The van der Waals surface area contributed by atoms with Crippen molar-refractivity contribution in [2.45, 2.75) is 37.6 Å². The highest BCUT2D eigenvalue weighted by Crippen LogP contribution is 2.36. The normalized spacial score (nSPS) is 19.4. The maximum atomic E-state index is 12.4. The third-order valence-corrected chi connectivity index (χ3v) is 5.95. The number of aliphatic hydroxyl groups is 2. The zero-order valence-corrected chi connectivity index (χ0v) is 19.4. The molecule has 0 aliphatic carbocycles. The predicted octanol–water partition coefficient (Wildman–Crippen LogP) is 0.785. The maximum absolute atomic E-state index is 12.4. The average Bonchev–Trinajstić information content (AvgIpc) is 3.57. The first kappa shape index (κ1) is 27.7. The van der Waals surface area contributed by atoms with Crippen LogP contribution in [0.3, 0.4) is 0 Å². The van der Waals surface area contributed by atoms with Gasteiger partial charge in [-0.2, -0.15) is 13.2 Å². The number of halogens is 3. The molecule has 2 unspecified atom stereocenters. The van der Waals surface area contributed by atoms with Gasteiger partial charge in [0, 0.05) is 37.1 Å². The Bertz CT molecular complexity index is 1260. The number of hydrogen-bond acceptors (Lipinski definition) is 7. The van der Waals surface area contributed by atoms with Crippen molar-refractivity contribution in [1.29, 1.82) is 0 Å². The summed E-state index contributed by atoms with van der Waals surface area (Å²) in [7, 11) is 0. The molecule has 4 heterocycles. The first-order chi connectivity index (χ1) is 17.3. The molecule has 3 aromatic rings. The number of nitrogens with zero attached hydrogens (tertiary/aromatic N) is 4. The highest BCUT2D eigenvalue weighted by atomic mass is 19.4. The number of fused-ring (bicyclic) bond motifs is 3. The Morgan fingerprint density at radius 2 is 1.78 bits per heavy atom. The van der Waals surface area contributed by atoms with Crippen LogP contribution < -0.4 is 5.32 Å². The summed E-state index contributed by atoms with van der Waals surface area (Å²) >= 11 is 0. The lowest BCUT2D eigenvalue weighted by atomic mass is 9.91. The van der Waals surface area contributed by atoms with Gasteiger partial charge in [-0.1, -0.05) is 13.3 Å². The minimum atomic E-state index is -4.42. The summed E-state index contributed by atoms with van der Waals surface area (Å²) in [5.74, 6) is -3.41. The van der Waals surface area contributed by atoms with Crippen LogP contribution >= 0.6 is 0 Å². The number of amides is 2. The number of aliphatic hydroxyl groups excluding tert-OH is 2. The van der Waals surface area contributed by atoms with Crippen molar-refractivity contribution in [3.63, 3.8) is 0 Å². The summed E-state index contributed by atoms with van der Waals surface area (Å²) in [6.07, 6.45) is -2.91. The number of rotatable bonds is 6. The Labute approximate surface area is 206 Å². The summed E-state index contributed by atoms with van der Waals surface area (Å²) in [4.78, 5) is 45.0. The Morgan fingerprint density at radius 1 is 1.14 bits per heavy atom. The predicted molar refractivity (Wildman–Crippen MR) is 120 cm³/mol. The third kappa shape index (κ3) is 6.26. The van der Waals surface area contributed by atoms with Gasteiger partial charge in [0.05, 0.1) is 11.7 Å². The SMILES string of the molecule is CC[C@@H]1CN(C(=O)NCC(F)(F)F)C[C@@H]1c1cnc2cnc3[nH]ccc3n12.O=C(O)C(O)C(O)C(=O)O. The van der Waals surface area contributed by atoms with Gasteiger partial charge >= 0.3 is 24.1 Å². The van der Waals surface area contributed by atoms with E-state index in [1.54, 1.807) is 18.6 Å². The molecule has 13 nitrogen and oxygen atoms in total. The van der Waals surface area contributed by atoms with Crippen LogP contribution in [0.15, 0.2) is 24.7 Å². The maximum Gasteiger partial charge on any atom is 0.405 e. The van der Waals surface area contributed by atoms with Gasteiger partial charge < -0.3 is 35.6 Å². The number of carbonyl (C=O) groups is 3. The first-order valence-electron chi connectivity index (χ1n) is 11.0. The summed E-state index contributed by atoms with van der Waals surface area (Å²) in [6.45, 7) is 1.46. The van der Waals surface area contributed by atoms with Crippen molar-refractivity contribution in [3.05, 3.63) is 30.4 Å². The van der Waals surface area contributed by atoms with Gasteiger partial charge in [-0.3, -0.25) is 4.40 Å². The first-order valence-corrected chi connectivity index (χ1v) is 11.0. The minimum absolute atomic E-state index is 0.0119. The number of urea groups is 1. The van der Waals surface area contributed by atoms with Gasteiger partial charge in [-0.15, -0.1) is 0 Å². The van der Waals surface area contributed by atoms with Crippen LogP contribution in [0.1, 0.15) is 25.0 Å². The summed E-state index contributed by atoms with van der Waals surface area (Å²) in [5.41, 5.74) is 3.25. The molecule has 4 atom stereocenters. The van der Waals surface area contributed by atoms with E-state index in [1.165, 1.54) is 4.90 Å². The van der Waals surface area contributed by atoms with E-state index in [2.05, 4.69) is 15.0 Å². The molecule has 1 saturated heterocycles. The molecule has 2 amide bonds. The molecule has 3 aromatic heterocycles. The number of nitrogens with one attached hydrogen (secondary N) is 2. The molecule has 0 aromatic carbocycles. The smallest absolute Gasteiger partial charge is 0.405 e. The van der Waals surface area contributed by atoms with Crippen molar-refractivity contribution >= 4 is 34.8 Å². The molecule has 202 valence electrons. The number of aliphatic carboxylic acids is 2. The van der Waals surface area contributed by atoms with Gasteiger partial charge in [0.15, 0.2) is 23.5 Å². The number of carbonyl (C=O) groups excluding carboxylic acids is 1. The van der Waals surface area contributed by atoms with Gasteiger partial charge in [0.25, 0.3) is 0 Å². The van der Waals surface area contributed by atoms with Crippen LogP contribution in [-0.2, 0) is 9.59 Å². The van der Waals surface area contributed by atoms with Crippen LogP contribution in [0.5, 0.6) is 0 Å². The zero-order valence-electron chi connectivity index (χ0n) is 19.4. The van der Waals surface area contributed by atoms with Crippen LogP contribution in [0.25, 0.3) is 16.8 Å². The Hall–Kier alpha value is -3.92. The molecule has 4 rings (SSSR count). The van der Waals surface area contributed by atoms with Crippen molar-refractivity contribution in [2.24, 2.45) is 5.92 Å². The van der Waals surface area contributed by atoms with E-state index in [-0.39, 0.29) is 11.8 Å². The number of H-pyrrole nitrogens is 1. The largest absolute Gasteiger partial charge is 0.479 e. The standard InChI is InChI=1S/C17H19F3N6O.C4H6O6/c1-2-10-7-25(16(27)24-9-17(18,19)20)8-11(10)13-5-22-14-6-23-15-12(26(13)14)3-4-21-15;5-1(3(7)8)2(6)4(9)10/h3-6,10-11,21H,2,7-9H2,1H3,(H,24,27);1-2,5-6H,(H,7,8)(H,9,10)/t10-,11+;/m1./s1. The molecule has 1 aliphatic heterocycles. The lowest BCUT2D eigenvalue weighted by Crippen LogP contribution is -2.42. The fourth-order valence-electron chi connectivity index (χ4n) is 4.10. The van der Waals surface area contributed by atoms with E-state index in [4.69, 9.17) is 20.4 Å². The molecule has 1 fully saturated rings. The van der Waals surface area contributed by atoms with Crippen molar-refractivity contribution in [2.75, 3.05) is 19.6 Å². The van der Waals surface area contributed by atoms with Gasteiger partial charge in [0.1, 0.15) is 6.54 Å². The van der Waals surface area contributed by atoms with Crippen LogP contribution in [-0.4, -0.2) is 101 Å². The van der Waals surface area contributed by atoms with E-state index in [1.807, 2.05) is 22.7 Å². The number of aromatic nitrogens is 4.